The van der Waals surface area contributed by atoms with E-state index in [9.17, 15) is 13.8 Å². The number of halogens is 1. The molecule has 4 rings (SSSR count). The van der Waals surface area contributed by atoms with Crippen LogP contribution in [0.25, 0.3) is 10.4 Å². The van der Waals surface area contributed by atoms with Crippen molar-refractivity contribution in [3.8, 4) is 16.2 Å². The quantitative estimate of drug-likeness (QED) is 0.135. The van der Waals surface area contributed by atoms with Gasteiger partial charge in [0.2, 0.25) is 0 Å². The molecule has 4 N–H and O–H groups in total. The normalized spacial score (nSPS) is 14.5. The molecule has 9 nitrogen and oxygen atoms in total. The Kier molecular flexibility index (Phi) is 14.1. The molecular weight excluding hydrogens is 610 g/mol. The van der Waals surface area contributed by atoms with E-state index in [4.69, 9.17) is 31.9 Å². The monoisotopic (exact) mass is 651 g/mol. The van der Waals surface area contributed by atoms with Crippen molar-refractivity contribution in [3.63, 3.8) is 0 Å². The van der Waals surface area contributed by atoms with Gasteiger partial charge in [0.15, 0.2) is 16.9 Å². The number of aldehydes is 1. The summed E-state index contributed by atoms with van der Waals surface area (Å²) < 4.78 is 26.0. The predicted octanol–water partition coefficient (Wildman–Crippen LogP) is 6.17. The lowest BCUT2D eigenvalue weighted by Crippen LogP contribution is -2.40. The van der Waals surface area contributed by atoms with Gasteiger partial charge in [0, 0.05) is 37.6 Å². The first-order chi connectivity index (χ1) is 20.0. The third-order valence-corrected chi connectivity index (χ3v) is 9.36. The number of nitrogens with two attached hydrogens (primary N) is 1. The average molecular weight is 652 g/mol. The number of carbonyl (C=O) groups is 2. The Balaban J connectivity index is 0.00000211. The Morgan fingerprint density at radius 1 is 1.19 bits per heavy atom. The molecule has 1 aliphatic heterocycles. The number of nitrogens with zero attached hydrogens (tertiary/aromatic N) is 1. The number of hydrogen-bond acceptors (Lipinski definition) is 9. The second-order valence-corrected chi connectivity index (χ2v) is 13.4. The number of hydrogen-bond donors (Lipinski definition) is 3. The summed E-state index contributed by atoms with van der Waals surface area (Å²) in [5, 5.41) is 10.9. The Morgan fingerprint density at radius 3 is 2.49 bits per heavy atom. The predicted molar refractivity (Wildman–Crippen MR) is 177 cm³/mol. The number of aliphatic hydroxyl groups excluding tert-OH is 1. The van der Waals surface area contributed by atoms with Crippen LogP contribution >= 0.6 is 22.9 Å². The van der Waals surface area contributed by atoms with E-state index in [-0.39, 0.29) is 35.7 Å². The van der Waals surface area contributed by atoms with Gasteiger partial charge in [-0.05, 0) is 69.0 Å². The standard InChI is InChI=1S/C29H34ClN3O5S2.CH4O.CH4/c1-29(2,3)38-28(35)27-25(37-15-14-34)24(30)26(39-27)20-7-5-9-23(17-20)32-22-10-12-33(13-11-22)40(36)18-19-6-4-8-21(31)16-19;1-2;/h4-9,14,16-17,22,32H,10-13,15,18,31H2,1-3H3;2H,1H3;1H4. The highest BCUT2D eigenvalue weighted by molar-refractivity contribution is 7.81. The van der Waals surface area contributed by atoms with E-state index in [0.29, 0.717) is 22.6 Å². The van der Waals surface area contributed by atoms with Crippen LogP contribution in [0.15, 0.2) is 48.5 Å². The van der Waals surface area contributed by atoms with Gasteiger partial charge in [0.25, 0.3) is 0 Å². The number of esters is 1. The zero-order valence-corrected chi connectivity index (χ0v) is 26.6. The van der Waals surface area contributed by atoms with E-state index >= 15 is 0 Å². The number of ether oxygens (including phenoxy) is 2. The molecule has 2 aromatic carbocycles. The first-order valence-electron chi connectivity index (χ1n) is 13.5. The van der Waals surface area contributed by atoms with Gasteiger partial charge in [-0.1, -0.05) is 43.3 Å². The van der Waals surface area contributed by atoms with Crippen molar-refractivity contribution in [1.29, 1.82) is 0 Å². The number of nitrogen functional groups attached to an aromatic ring is 1. The van der Waals surface area contributed by atoms with Gasteiger partial charge in [0.1, 0.15) is 17.2 Å². The molecule has 1 aromatic heterocycles. The van der Waals surface area contributed by atoms with Gasteiger partial charge in [0.05, 0.1) is 21.6 Å². The van der Waals surface area contributed by atoms with Gasteiger partial charge >= 0.3 is 5.97 Å². The van der Waals surface area contributed by atoms with Crippen LogP contribution in [0.4, 0.5) is 11.4 Å². The number of thiophene rings is 1. The zero-order valence-electron chi connectivity index (χ0n) is 24.2. The third-order valence-electron chi connectivity index (χ3n) is 6.17. The molecule has 0 radical (unpaired) electrons. The molecule has 43 heavy (non-hydrogen) atoms. The molecule has 236 valence electrons. The minimum Gasteiger partial charge on any atom is -0.483 e. The van der Waals surface area contributed by atoms with E-state index in [1.54, 1.807) is 20.8 Å². The molecule has 1 aliphatic rings. The first-order valence-corrected chi connectivity index (χ1v) is 15.9. The fourth-order valence-corrected chi connectivity index (χ4v) is 7.10. The number of anilines is 2. The molecule has 2 heterocycles. The van der Waals surface area contributed by atoms with E-state index in [1.807, 2.05) is 52.8 Å². The minimum atomic E-state index is -1.11. The summed E-state index contributed by atoms with van der Waals surface area (Å²) in [6, 6.07) is 15.5. The first kappa shape index (κ1) is 36.2. The van der Waals surface area contributed by atoms with Crippen LogP contribution in [0, 0.1) is 0 Å². The second-order valence-electron chi connectivity index (χ2n) is 10.5. The fourth-order valence-electron chi connectivity index (χ4n) is 4.39. The van der Waals surface area contributed by atoms with Crippen molar-refractivity contribution in [2.75, 3.05) is 37.9 Å². The van der Waals surface area contributed by atoms with Crippen LogP contribution in [0.2, 0.25) is 5.02 Å². The number of benzene rings is 2. The molecular formula is C31H42ClN3O6S2. The lowest BCUT2D eigenvalue weighted by molar-refractivity contribution is -0.109. The number of rotatable bonds is 10. The summed E-state index contributed by atoms with van der Waals surface area (Å²) in [5.41, 5.74) is 8.53. The number of piperidine rings is 1. The molecule has 0 aliphatic carbocycles. The largest absolute Gasteiger partial charge is 0.483 e. The van der Waals surface area contributed by atoms with E-state index in [1.165, 1.54) is 11.3 Å². The third kappa shape index (κ3) is 10.3. The van der Waals surface area contributed by atoms with Gasteiger partial charge in [-0.3, -0.25) is 4.79 Å². The highest BCUT2D eigenvalue weighted by Gasteiger charge is 2.29. The summed E-state index contributed by atoms with van der Waals surface area (Å²) in [6.07, 6.45) is 2.30. The smallest absolute Gasteiger partial charge is 0.352 e. The van der Waals surface area contributed by atoms with E-state index < -0.39 is 22.6 Å². The molecule has 0 amide bonds. The number of aliphatic hydroxyl groups is 1. The lowest BCUT2D eigenvalue weighted by Gasteiger charge is -2.32. The zero-order chi connectivity index (χ0) is 30.9. The van der Waals surface area contributed by atoms with Crippen molar-refractivity contribution in [3.05, 3.63) is 64.0 Å². The van der Waals surface area contributed by atoms with Gasteiger partial charge in [-0.25, -0.2) is 13.3 Å². The molecule has 12 heteroatoms. The second kappa shape index (κ2) is 16.8. The Labute approximate surface area is 265 Å². The highest BCUT2D eigenvalue weighted by atomic mass is 35.5. The van der Waals surface area contributed by atoms with Crippen molar-refractivity contribution >= 4 is 57.6 Å². The Morgan fingerprint density at radius 2 is 1.86 bits per heavy atom. The SMILES string of the molecule is C.CC(C)(C)OC(=O)c1sc(-c2cccc(NC3CCN(S(=O)Cc4cccc(N)c4)CC3)c2)c(Cl)c1OCC=O.CO. The molecule has 1 atom stereocenters. The Bertz CT molecular complexity index is 1380. The molecule has 1 saturated heterocycles. The Hall–Kier alpha value is -2.96. The minimum absolute atomic E-state index is 0. The topological polar surface area (TPSA) is 131 Å². The summed E-state index contributed by atoms with van der Waals surface area (Å²) >= 11 is 7.85. The maximum atomic E-state index is 12.9. The van der Waals surface area contributed by atoms with Crippen LogP contribution in [0.1, 0.15) is 56.3 Å². The average Bonchev–Trinajstić information content (AvgIpc) is 3.28. The van der Waals surface area contributed by atoms with E-state index in [2.05, 4.69) is 5.32 Å². The molecule has 3 aromatic rings. The van der Waals surface area contributed by atoms with Crippen molar-refractivity contribution < 1.29 is 28.4 Å². The lowest BCUT2D eigenvalue weighted by atomic mass is 10.1. The van der Waals surface area contributed by atoms with Gasteiger partial charge in [-0.2, -0.15) is 0 Å². The molecule has 0 saturated carbocycles. The van der Waals surface area contributed by atoms with Crippen molar-refractivity contribution in [2.45, 2.75) is 58.4 Å². The van der Waals surface area contributed by atoms with E-state index in [0.717, 1.165) is 49.9 Å². The molecule has 1 fully saturated rings. The van der Waals surface area contributed by atoms with Crippen molar-refractivity contribution in [2.24, 2.45) is 0 Å². The molecule has 1 unspecified atom stereocenters. The number of nitrogens with one attached hydrogen (secondary N) is 1. The molecule has 0 spiro atoms. The summed E-state index contributed by atoms with van der Waals surface area (Å²) in [4.78, 5) is 24.7. The number of carbonyl (C=O) groups excluding carboxylic acids is 2. The van der Waals surface area contributed by atoms with Crippen LogP contribution in [-0.2, 0) is 26.3 Å². The van der Waals surface area contributed by atoms with Gasteiger partial charge < -0.3 is 25.6 Å². The van der Waals surface area contributed by atoms with Crippen LogP contribution < -0.4 is 15.8 Å². The fraction of sp³-hybridized carbons (Fsp3) is 0.419. The summed E-state index contributed by atoms with van der Waals surface area (Å²) in [7, 11) is -0.106. The van der Waals surface area contributed by atoms with Crippen LogP contribution in [0.5, 0.6) is 5.75 Å². The van der Waals surface area contributed by atoms with Gasteiger partial charge in [-0.15, -0.1) is 11.3 Å². The van der Waals surface area contributed by atoms with Crippen molar-refractivity contribution in [1.82, 2.24) is 4.31 Å². The van der Waals surface area contributed by atoms with Crippen LogP contribution in [0.3, 0.4) is 0 Å². The maximum Gasteiger partial charge on any atom is 0.352 e. The highest BCUT2D eigenvalue weighted by Crippen LogP contribution is 2.46. The molecule has 0 bridgehead atoms. The summed E-state index contributed by atoms with van der Waals surface area (Å²) in [5.74, 6) is 0.0528. The van der Waals surface area contributed by atoms with Crippen LogP contribution in [-0.4, -0.2) is 64.3 Å². The summed E-state index contributed by atoms with van der Waals surface area (Å²) in [6.45, 7) is 6.56. The maximum absolute atomic E-state index is 12.9.